The Hall–Kier alpha value is -0.880. The number of amides is 1. The molecule has 2 atom stereocenters. The number of thiophene rings is 1. The molecule has 4 nitrogen and oxygen atoms in total. The molecule has 4 saturated carbocycles. The molecule has 1 aromatic heterocycles. The minimum absolute atomic E-state index is 0.0761. The van der Waals surface area contributed by atoms with Crippen molar-refractivity contribution < 1.29 is 14.3 Å². The van der Waals surface area contributed by atoms with Crippen LogP contribution in [0.2, 0.25) is 0 Å². The number of aryl methyl sites for hydroxylation is 1. The van der Waals surface area contributed by atoms with E-state index in [0.29, 0.717) is 18.6 Å². The fourth-order valence-corrected chi connectivity index (χ4v) is 9.93. The summed E-state index contributed by atoms with van der Waals surface area (Å²) in [6.45, 7) is 2.19. The van der Waals surface area contributed by atoms with E-state index in [1.807, 2.05) is 6.92 Å². The average Bonchev–Trinajstić information content (AvgIpc) is 2.96. The van der Waals surface area contributed by atoms with Crippen LogP contribution in [0.4, 0.5) is 5.00 Å². The van der Waals surface area contributed by atoms with Gasteiger partial charge in [-0.25, -0.2) is 4.79 Å². The number of fused-ring (bicyclic) bond motifs is 1. The third-order valence-electron chi connectivity index (χ3n) is 7.55. The van der Waals surface area contributed by atoms with Gasteiger partial charge in [-0.1, -0.05) is 15.9 Å². The van der Waals surface area contributed by atoms with Gasteiger partial charge in [-0.15, -0.1) is 11.3 Å². The minimum Gasteiger partial charge on any atom is -0.462 e. The fraction of sp³-hybridized carbons (Fsp3) is 0.739. The highest BCUT2D eigenvalue weighted by molar-refractivity contribution is 9.10. The lowest BCUT2D eigenvalue weighted by Gasteiger charge is -2.60. The number of esters is 1. The summed E-state index contributed by atoms with van der Waals surface area (Å²) in [5.74, 6) is 1.34. The predicted molar refractivity (Wildman–Crippen MR) is 119 cm³/mol. The molecule has 29 heavy (non-hydrogen) atoms. The third-order valence-corrected chi connectivity index (χ3v) is 9.69. The number of anilines is 1. The summed E-state index contributed by atoms with van der Waals surface area (Å²) in [7, 11) is 0. The van der Waals surface area contributed by atoms with E-state index >= 15 is 0 Å². The van der Waals surface area contributed by atoms with Gasteiger partial charge >= 0.3 is 5.97 Å². The number of carbonyl (C=O) groups excluding carboxylic acids is 2. The Morgan fingerprint density at radius 3 is 2.59 bits per heavy atom. The molecule has 0 radical (unpaired) electrons. The van der Waals surface area contributed by atoms with Crippen LogP contribution in [-0.4, -0.2) is 22.8 Å². The Morgan fingerprint density at radius 1 is 1.17 bits per heavy atom. The first kappa shape index (κ1) is 20.0. The Kier molecular flexibility index (Phi) is 5.09. The lowest BCUT2D eigenvalue weighted by Crippen LogP contribution is -2.53. The first-order chi connectivity index (χ1) is 13.9. The molecule has 1 aromatic rings. The molecule has 0 aromatic carbocycles. The molecule has 0 spiro atoms. The Balaban J connectivity index is 1.36. The molecule has 6 rings (SSSR count). The number of hydrogen-bond acceptors (Lipinski definition) is 4. The van der Waals surface area contributed by atoms with Crippen molar-refractivity contribution in [3.05, 3.63) is 16.0 Å². The predicted octanol–water partition coefficient (Wildman–Crippen LogP) is 5.87. The van der Waals surface area contributed by atoms with Crippen molar-refractivity contribution in [2.24, 2.45) is 17.3 Å². The number of alkyl halides is 1. The molecule has 158 valence electrons. The van der Waals surface area contributed by atoms with E-state index in [9.17, 15) is 9.59 Å². The van der Waals surface area contributed by atoms with E-state index < -0.39 is 0 Å². The van der Waals surface area contributed by atoms with E-state index in [1.165, 1.54) is 37.0 Å². The molecule has 0 aliphatic heterocycles. The number of carbonyl (C=O) groups is 2. The van der Waals surface area contributed by atoms with E-state index in [0.717, 1.165) is 54.5 Å². The van der Waals surface area contributed by atoms with Gasteiger partial charge in [0.15, 0.2) is 0 Å². The van der Waals surface area contributed by atoms with Crippen LogP contribution in [0.15, 0.2) is 0 Å². The van der Waals surface area contributed by atoms with Gasteiger partial charge in [-0.2, -0.15) is 0 Å². The second-order valence-corrected chi connectivity index (χ2v) is 12.8. The van der Waals surface area contributed by atoms with Crippen LogP contribution in [0.5, 0.6) is 0 Å². The van der Waals surface area contributed by atoms with Crippen molar-refractivity contribution in [2.75, 3.05) is 11.9 Å². The fourth-order valence-electron chi connectivity index (χ4n) is 7.13. The standard InChI is InChI=1S/C23H30BrNO3S/c1-2-28-21(27)19-16-5-3-4-6-17(16)29-20(19)25-18(26)12-22-8-14-7-15(9-22)11-23(24,10-14)13-22/h14-15H,2-13H2,1H3,(H,25,26)/t14-,15-,22?,23?/m1/s1. The Morgan fingerprint density at radius 2 is 1.90 bits per heavy atom. The van der Waals surface area contributed by atoms with Crippen molar-refractivity contribution in [2.45, 2.75) is 81.9 Å². The summed E-state index contributed by atoms with van der Waals surface area (Å²) < 4.78 is 5.59. The molecule has 1 amide bonds. The van der Waals surface area contributed by atoms with Crippen LogP contribution >= 0.6 is 27.3 Å². The SMILES string of the molecule is CCOC(=O)c1c(NC(=O)CC23C[C@H]4C[C@@H](CC(Br)(C4)C2)C3)sc2c1CCCC2. The molecule has 4 fully saturated rings. The highest BCUT2D eigenvalue weighted by Crippen LogP contribution is 2.65. The molecule has 0 unspecified atom stereocenters. The maximum absolute atomic E-state index is 13.2. The second kappa shape index (κ2) is 7.37. The van der Waals surface area contributed by atoms with E-state index in [2.05, 4.69) is 21.2 Å². The van der Waals surface area contributed by atoms with Crippen LogP contribution in [0.25, 0.3) is 0 Å². The van der Waals surface area contributed by atoms with Gasteiger partial charge in [0.25, 0.3) is 0 Å². The first-order valence-corrected chi connectivity index (χ1v) is 12.8. The van der Waals surface area contributed by atoms with Crippen molar-refractivity contribution >= 4 is 44.1 Å². The number of ether oxygens (including phenoxy) is 1. The van der Waals surface area contributed by atoms with Crippen molar-refractivity contribution in [1.82, 2.24) is 0 Å². The topological polar surface area (TPSA) is 55.4 Å². The van der Waals surface area contributed by atoms with Gasteiger partial charge in [-0.05, 0) is 93.9 Å². The number of halogens is 1. The molecule has 4 bridgehead atoms. The lowest BCUT2D eigenvalue weighted by molar-refractivity contribution is -0.123. The lowest BCUT2D eigenvalue weighted by atomic mass is 9.48. The Bertz CT molecular complexity index is 833. The number of rotatable bonds is 5. The monoisotopic (exact) mass is 479 g/mol. The highest BCUT2D eigenvalue weighted by Gasteiger charge is 2.57. The summed E-state index contributed by atoms with van der Waals surface area (Å²) in [5.41, 5.74) is 1.88. The van der Waals surface area contributed by atoms with Gasteiger partial charge in [-0.3, -0.25) is 4.79 Å². The summed E-state index contributed by atoms with van der Waals surface area (Å²) in [4.78, 5) is 27.1. The van der Waals surface area contributed by atoms with Crippen molar-refractivity contribution in [3.63, 3.8) is 0 Å². The van der Waals surface area contributed by atoms with Gasteiger partial charge in [0, 0.05) is 15.6 Å². The van der Waals surface area contributed by atoms with Gasteiger partial charge in [0.05, 0.1) is 12.2 Å². The maximum Gasteiger partial charge on any atom is 0.341 e. The molecular formula is C23H30BrNO3S. The van der Waals surface area contributed by atoms with E-state index in [4.69, 9.17) is 4.74 Å². The van der Waals surface area contributed by atoms with Crippen LogP contribution in [0.1, 0.15) is 85.5 Å². The molecule has 5 aliphatic carbocycles. The molecular weight excluding hydrogens is 450 g/mol. The van der Waals surface area contributed by atoms with Crippen LogP contribution in [0.3, 0.4) is 0 Å². The molecule has 6 heteroatoms. The van der Waals surface area contributed by atoms with Gasteiger partial charge < -0.3 is 10.1 Å². The number of hydrogen-bond donors (Lipinski definition) is 1. The zero-order valence-corrected chi connectivity index (χ0v) is 19.6. The van der Waals surface area contributed by atoms with E-state index in [1.54, 1.807) is 11.3 Å². The van der Waals surface area contributed by atoms with Crippen molar-refractivity contribution in [3.8, 4) is 0 Å². The maximum atomic E-state index is 13.2. The Labute approximate surface area is 185 Å². The molecule has 1 N–H and O–H groups in total. The third kappa shape index (κ3) is 3.69. The minimum atomic E-state index is -0.281. The molecule has 5 aliphatic rings. The summed E-state index contributed by atoms with van der Waals surface area (Å²) >= 11 is 5.64. The van der Waals surface area contributed by atoms with Gasteiger partial charge in [0.1, 0.15) is 5.00 Å². The van der Waals surface area contributed by atoms with E-state index in [-0.39, 0.29) is 21.6 Å². The van der Waals surface area contributed by atoms with Crippen LogP contribution in [-0.2, 0) is 22.4 Å². The zero-order valence-electron chi connectivity index (χ0n) is 17.2. The highest BCUT2D eigenvalue weighted by atomic mass is 79.9. The average molecular weight is 480 g/mol. The second-order valence-electron chi connectivity index (χ2n) is 9.97. The van der Waals surface area contributed by atoms with Crippen LogP contribution in [0, 0.1) is 17.3 Å². The first-order valence-electron chi connectivity index (χ1n) is 11.2. The van der Waals surface area contributed by atoms with Crippen molar-refractivity contribution in [1.29, 1.82) is 0 Å². The smallest absolute Gasteiger partial charge is 0.341 e. The summed E-state index contributed by atoms with van der Waals surface area (Å²) in [6, 6.07) is 0. The van der Waals surface area contributed by atoms with Crippen LogP contribution < -0.4 is 5.32 Å². The molecule has 0 saturated heterocycles. The summed E-state index contributed by atoms with van der Waals surface area (Å²) in [5, 5.41) is 3.88. The van der Waals surface area contributed by atoms with Gasteiger partial charge in [0.2, 0.25) is 5.91 Å². The molecule has 1 heterocycles. The summed E-state index contributed by atoms with van der Waals surface area (Å²) in [6.07, 6.45) is 12.1. The quantitative estimate of drug-likeness (QED) is 0.424. The zero-order chi connectivity index (χ0) is 20.2. The number of nitrogens with one attached hydrogen (secondary N) is 1. The largest absolute Gasteiger partial charge is 0.462 e. The normalized spacial score (nSPS) is 34.7.